The molecule has 1 aromatic carbocycles. The molecular weight excluding hydrogens is 254 g/mol. The van der Waals surface area contributed by atoms with Crippen molar-refractivity contribution in [2.45, 2.75) is 16.3 Å². The van der Waals surface area contributed by atoms with Crippen LogP contribution in [0.15, 0.2) is 46.7 Å². The maximum absolute atomic E-state index is 6.21. The van der Waals surface area contributed by atoms with Crippen molar-refractivity contribution >= 4 is 23.4 Å². The first kappa shape index (κ1) is 12.4. The summed E-state index contributed by atoms with van der Waals surface area (Å²) in [6.45, 7) is 0.606. The van der Waals surface area contributed by atoms with Crippen molar-refractivity contribution in [3.63, 3.8) is 0 Å². The van der Waals surface area contributed by atoms with Gasteiger partial charge in [-0.3, -0.25) is 4.98 Å². The number of hydrogen-bond donors (Lipinski definition) is 1. The normalized spacial score (nSPS) is 10.5. The van der Waals surface area contributed by atoms with E-state index in [0.29, 0.717) is 6.54 Å². The van der Waals surface area contributed by atoms with E-state index in [-0.39, 0.29) is 0 Å². The highest BCUT2D eigenvalue weighted by Crippen LogP contribution is 2.34. The van der Waals surface area contributed by atoms with Gasteiger partial charge in [0.2, 0.25) is 0 Å². The van der Waals surface area contributed by atoms with E-state index in [1.807, 2.05) is 18.2 Å². The van der Waals surface area contributed by atoms with Gasteiger partial charge in [0.25, 0.3) is 0 Å². The van der Waals surface area contributed by atoms with E-state index in [1.54, 1.807) is 18.6 Å². The Balaban J connectivity index is 2.31. The van der Waals surface area contributed by atoms with Gasteiger partial charge in [-0.15, -0.1) is 0 Å². The molecule has 17 heavy (non-hydrogen) atoms. The Labute approximate surface area is 109 Å². The minimum absolute atomic E-state index is 0.606. The third-order valence-electron chi connectivity index (χ3n) is 2.21. The van der Waals surface area contributed by atoms with Gasteiger partial charge in [-0.2, -0.15) is 0 Å². The molecule has 0 fully saturated rings. The largest absolute Gasteiger partial charge is 0.330 e. The number of halogens is 1. The van der Waals surface area contributed by atoms with Crippen LogP contribution in [0, 0.1) is 0 Å². The molecule has 88 valence electrons. The van der Waals surface area contributed by atoms with Gasteiger partial charge in [0.05, 0.1) is 11.2 Å². The molecule has 3 nitrogen and oxygen atoms in total. The SMILES string of the molecule is NCCc1cccc(Cl)c1Sc1cnccn1. The lowest BCUT2D eigenvalue weighted by atomic mass is 10.1. The van der Waals surface area contributed by atoms with Crippen molar-refractivity contribution in [2.24, 2.45) is 5.73 Å². The van der Waals surface area contributed by atoms with Gasteiger partial charge < -0.3 is 5.73 Å². The fourth-order valence-electron chi connectivity index (χ4n) is 1.46. The first-order chi connectivity index (χ1) is 8.31. The second kappa shape index (κ2) is 6.00. The Hall–Kier alpha value is -1.10. The summed E-state index contributed by atoms with van der Waals surface area (Å²) in [6, 6.07) is 5.85. The van der Waals surface area contributed by atoms with E-state index in [0.717, 1.165) is 26.9 Å². The van der Waals surface area contributed by atoms with E-state index in [1.165, 1.54) is 11.8 Å². The molecule has 0 unspecified atom stereocenters. The van der Waals surface area contributed by atoms with Crippen LogP contribution in [-0.2, 0) is 6.42 Å². The Morgan fingerprint density at radius 1 is 1.29 bits per heavy atom. The third-order valence-corrected chi connectivity index (χ3v) is 3.74. The van der Waals surface area contributed by atoms with Crippen molar-refractivity contribution in [1.29, 1.82) is 0 Å². The maximum Gasteiger partial charge on any atom is 0.119 e. The minimum Gasteiger partial charge on any atom is -0.330 e. The number of rotatable bonds is 4. The van der Waals surface area contributed by atoms with E-state index in [9.17, 15) is 0 Å². The van der Waals surface area contributed by atoms with Crippen molar-refractivity contribution in [1.82, 2.24) is 9.97 Å². The van der Waals surface area contributed by atoms with Gasteiger partial charge in [-0.1, -0.05) is 35.5 Å². The third kappa shape index (κ3) is 3.19. The standard InChI is InChI=1S/C12H12ClN3S/c13-10-3-1-2-9(4-5-14)12(10)17-11-8-15-6-7-16-11/h1-3,6-8H,4-5,14H2. The zero-order chi connectivity index (χ0) is 12.1. The predicted octanol–water partition coefficient (Wildman–Crippen LogP) is 2.78. The first-order valence-electron chi connectivity index (χ1n) is 5.22. The second-order valence-corrected chi connectivity index (χ2v) is 4.85. The highest BCUT2D eigenvalue weighted by molar-refractivity contribution is 7.99. The molecule has 2 aromatic rings. The molecule has 0 aliphatic heterocycles. The van der Waals surface area contributed by atoms with Crippen LogP contribution in [0.3, 0.4) is 0 Å². The van der Waals surface area contributed by atoms with Crippen molar-refractivity contribution < 1.29 is 0 Å². The molecular formula is C12H12ClN3S. The summed E-state index contributed by atoms with van der Waals surface area (Å²) in [6.07, 6.45) is 5.85. The highest BCUT2D eigenvalue weighted by Gasteiger charge is 2.09. The van der Waals surface area contributed by atoms with Crippen LogP contribution in [0.2, 0.25) is 5.02 Å². The molecule has 0 spiro atoms. The van der Waals surface area contributed by atoms with Crippen LogP contribution in [0.5, 0.6) is 0 Å². The zero-order valence-corrected chi connectivity index (χ0v) is 10.7. The molecule has 0 saturated carbocycles. The molecule has 0 atom stereocenters. The van der Waals surface area contributed by atoms with Gasteiger partial charge in [0, 0.05) is 17.3 Å². The van der Waals surface area contributed by atoms with Crippen LogP contribution in [0.25, 0.3) is 0 Å². The number of nitrogens with two attached hydrogens (primary N) is 1. The summed E-state index contributed by atoms with van der Waals surface area (Å²) in [5.74, 6) is 0. The number of nitrogens with zero attached hydrogens (tertiary/aromatic N) is 2. The zero-order valence-electron chi connectivity index (χ0n) is 9.14. The Bertz CT molecular complexity index is 490. The molecule has 0 saturated heterocycles. The lowest BCUT2D eigenvalue weighted by molar-refractivity contribution is 0.943. The molecule has 0 radical (unpaired) electrons. The molecule has 1 aromatic heterocycles. The second-order valence-electron chi connectivity index (χ2n) is 3.41. The molecule has 0 bridgehead atoms. The fourth-order valence-corrected chi connectivity index (χ4v) is 2.68. The lowest BCUT2D eigenvalue weighted by Crippen LogP contribution is -2.03. The topological polar surface area (TPSA) is 51.8 Å². The van der Waals surface area contributed by atoms with Crippen LogP contribution in [0.4, 0.5) is 0 Å². The summed E-state index contributed by atoms with van der Waals surface area (Å²) in [7, 11) is 0. The summed E-state index contributed by atoms with van der Waals surface area (Å²) >= 11 is 7.72. The summed E-state index contributed by atoms with van der Waals surface area (Å²) in [5.41, 5.74) is 6.74. The summed E-state index contributed by atoms with van der Waals surface area (Å²) in [4.78, 5) is 9.28. The predicted molar refractivity (Wildman–Crippen MR) is 70.4 cm³/mol. The number of hydrogen-bond acceptors (Lipinski definition) is 4. The lowest BCUT2D eigenvalue weighted by Gasteiger charge is -2.09. The molecule has 1 heterocycles. The molecule has 0 amide bonds. The maximum atomic E-state index is 6.21. The molecule has 0 aliphatic carbocycles. The Morgan fingerprint density at radius 3 is 2.88 bits per heavy atom. The quantitative estimate of drug-likeness (QED) is 0.924. The van der Waals surface area contributed by atoms with E-state index < -0.39 is 0 Å². The van der Waals surface area contributed by atoms with Gasteiger partial charge in [-0.05, 0) is 24.6 Å². The van der Waals surface area contributed by atoms with Crippen LogP contribution in [0.1, 0.15) is 5.56 Å². The smallest absolute Gasteiger partial charge is 0.119 e. The van der Waals surface area contributed by atoms with E-state index in [2.05, 4.69) is 9.97 Å². The number of aromatic nitrogens is 2. The van der Waals surface area contributed by atoms with Crippen LogP contribution >= 0.6 is 23.4 Å². The monoisotopic (exact) mass is 265 g/mol. The van der Waals surface area contributed by atoms with Crippen molar-refractivity contribution in [3.8, 4) is 0 Å². The van der Waals surface area contributed by atoms with Crippen molar-refractivity contribution in [2.75, 3.05) is 6.54 Å². The van der Waals surface area contributed by atoms with Gasteiger partial charge in [0.15, 0.2) is 0 Å². The van der Waals surface area contributed by atoms with Gasteiger partial charge in [0.1, 0.15) is 5.03 Å². The van der Waals surface area contributed by atoms with E-state index >= 15 is 0 Å². The summed E-state index contributed by atoms with van der Waals surface area (Å²) in [5, 5.41) is 1.56. The Morgan fingerprint density at radius 2 is 2.18 bits per heavy atom. The van der Waals surface area contributed by atoms with Crippen LogP contribution < -0.4 is 5.73 Å². The summed E-state index contributed by atoms with van der Waals surface area (Å²) < 4.78 is 0. The molecule has 2 rings (SSSR count). The fraction of sp³-hybridized carbons (Fsp3) is 0.167. The molecule has 5 heteroatoms. The Kier molecular flexibility index (Phi) is 4.36. The van der Waals surface area contributed by atoms with E-state index in [4.69, 9.17) is 17.3 Å². The van der Waals surface area contributed by atoms with Gasteiger partial charge in [-0.25, -0.2) is 4.98 Å². The first-order valence-corrected chi connectivity index (χ1v) is 6.42. The molecule has 2 N–H and O–H groups in total. The average Bonchev–Trinajstić information content (AvgIpc) is 2.35. The number of benzene rings is 1. The minimum atomic E-state index is 0.606. The van der Waals surface area contributed by atoms with Crippen LogP contribution in [-0.4, -0.2) is 16.5 Å². The molecule has 0 aliphatic rings. The van der Waals surface area contributed by atoms with Gasteiger partial charge >= 0.3 is 0 Å². The average molecular weight is 266 g/mol. The highest BCUT2D eigenvalue weighted by atomic mass is 35.5. The van der Waals surface area contributed by atoms with Crippen molar-refractivity contribution in [3.05, 3.63) is 47.4 Å².